The molecule has 0 radical (unpaired) electrons. The molecule has 2 heteroatoms. The predicted molar refractivity (Wildman–Crippen MR) is 68.0 cm³/mol. The second kappa shape index (κ2) is 5.06. The molecule has 86 valence electrons. The molecule has 0 saturated carbocycles. The zero-order chi connectivity index (χ0) is 11.4. The Hall–Kier alpha value is -1.44. The fourth-order valence-corrected chi connectivity index (χ4v) is 2.10. The van der Waals surface area contributed by atoms with Gasteiger partial charge in [-0.2, -0.15) is 0 Å². The molecule has 0 fully saturated rings. The van der Waals surface area contributed by atoms with Gasteiger partial charge in [0.05, 0.1) is 12.6 Å². The summed E-state index contributed by atoms with van der Waals surface area (Å²) in [5.41, 5.74) is 1.27. The van der Waals surface area contributed by atoms with Gasteiger partial charge < -0.3 is 9.30 Å². The van der Waals surface area contributed by atoms with Crippen molar-refractivity contribution in [2.45, 2.75) is 32.7 Å². The van der Waals surface area contributed by atoms with Crippen LogP contribution in [0.15, 0.2) is 30.5 Å². The lowest BCUT2D eigenvalue weighted by atomic mass is 10.2. The summed E-state index contributed by atoms with van der Waals surface area (Å²) in [6.45, 7) is 3.33. The van der Waals surface area contributed by atoms with Crippen molar-refractivity contribution >= 4 is 10.9 Å². The molecule has 0 spiro atoms. The third-order valence-corrected chi connectivity index (χ3v) is 3.00. The summed E-state index contributed by atoms with van der Waals surface area (Å²) in [5.74, 6) is 0.965. The topological polar surface area (TPSA) is 14.2 Å². The van der Waals surface area contributed by atoms with E-state index in [2.05, 4.69) is 35.9 Å². The molecular weight excluding hydrogens is 198 g/mol. The van der Waals surface area contributed by atoms with E-state index < -0.39 is 0 Å². The zero-order valence-electron chi connectivity index (χ0n) is 10.1. The lowest BCUT2D eigenvalue weighted by molar-refractivity contribution is 0.420. The summed E-state index contributed by atoms with van der Waals surface area (Å²) >= 11 is 0. The third-order valence-electron chi connectivity index (χ3n) is 3.00. The highest BCUT2D eigenvalue weighted by atomic mass is 16.5. The van der Waals surface area contributed by atoms with E-state index in [0.29, 0.717) is 0 Å². The molecule has 0 aliphatic carbocycles. The molecule has 0 atom stereocenters. The monoisotopic (exact) mass is 217 g/mol. The van der Waals surface area contributed by atoms with Crippen LogP contribution in [-0.4, -0.2) is 11.7 Å². The Morgan fingerprint density at radius 2 is 2.06 bits per heavy atom. The number of rotatable bonds is 5. The van der Waals surface area contributed by atoms with Gasteiger partial charge in [-0.25, -0.2) is 0 Å². The van der Waals surface area contributed by atoms with Crippen LogP contribution in [0.1, 0.15) is 26.2 Å². The van der Waals surface area contributed by atoms with E-state index in [0.717, 1.165) is 12.3 Å². The number of unbranched alkanes of at least 4 members (excludes halogenated alkanes) is 2. The number of aryl methyl sites for hydroxylation is 1. The molecule has 0 N–H and O–H groups in total. The first-order valence-corrected chi connectivity index (χ1v) is 5.98. The Morgan fingerprint density at radius 3 is 2.81 bits per heavy atom. The quantitative estimate of drug-likeness (QED) is 0.694. The van der Waals surface area contributed by atoms with Crippen molar-refractivity contribution in [3.8, 4) is 5.75 Å². The first-order chi connectivity index (χ1) is 7.86. The minimum atomic E-state index is 0.965. The van der Waals surface area contributed by atoms with Crippen LogP contribution in [0.2, 0.25) is 0 Å². The second-order valence-corrected chi connectivity index (χ2v) is 4.11. The molecule has 0 saturated heterocycles. The molecule has 1 aromatic heterocycles. The predicted octanol–water partition coefficient (Wildman–Crippen LogP) is 3.84. The molecule has 0 aliphatic rings. The molecule has 1 heterocycles. The van der Waals surface area contributed by atoms with E-state index in [1.807, 2.05) is 6.07 Å². The maximum absolute atomic E-state index is 5.35. The van der Waals surface area contributed by atoms with Crippen molar-refractivity contribution < 1.29 is 4.74 Å². The summed E-state index contributed by atoms with van der Waals surface area (Å²) in [6.07, 6.45) is 5.96. The highest BCUT2D eigenvalue weighted by Gasteiger charge is 2.04. The first kappa shape index (κ1) is 11.1. The number of methoxy groups -OCH3 is 1. The van der Waals surface area contributed by atoms with Gasteiger partial charge in [0.25, 0.3) is 0 Å². The Balaban J connectivity index is 2.27. The smallest absolute Gasteiger partial charge is 0.128 e. The van der Waals surface area contributed by atoms with Crippen molar-refractivity contribution in [3.63, 3.8) is 0 Å². The fourth-order valence-electron chi connectivity index (χ4n) is 2.10. The normalized spacial score (nSPS) is 10.9. The van der Waals surface area contributed by atoms with Gasteiger partial charge in [0.1, 0.15) is 5.75 Å². The summed E-state index contributed by atoms with van der Waals surface area (Å²) in [4.78, 5) is 0. The fraction of sp³-hybridized carbons (Fsp3) is 0.429. The van der Waals surface area contributed by atoms with E-state index in [4.69, 9.17) is 4.74 Å². The van der Waals surface area contributed by atoms with E-state index >= 15 is 0 Å². The average molecular weight is 217 g/mol. The van der Waals surface area contributed by atoms with E-state index in [1.54, 1.807) is 7.11 Å². The standard InChI is InChI=1S/C14H19NO/c1-3-4-5-10-15-11-9-12-13(15)7-6-8-14(12)16-2/h6-9,11H,3-5,10H2,1-2H3. The molecule has 0 amide bonds. The molecule has 2 rings (SSSR count). The van der Waals surface area contributed by atoms with Crippen LogP contribution in [0.5, 0.6) is 5.75 Å². The molecular formula is C14H19NO. The van der Waals surface area contributed by atoms with Crippen LogP contribution in [0.25, 0.3) is 10.9 Å². The molecule has 16 heavy (non-hydrogen) atoms. The van der Waals surface area contributed by atoms with Crippen LogP contribution in [0.4, 0.5) is 0 Å². The summed E-state index contributed by atoms with van der Waals surface area (Å²) in [5, 5.41) is 1.21. The molecule has 2 nitrogen and oxygen atoms in total. The van der Waals surface area contributed by atoms with Gasteiger partial charge in [0, 0.05) is 18.1 Å². The number of hydrogen-bond acceptors (Lipinski definition) is 1. The third kappa shape index (κ3) is 2.06. The first-order valence-electron chi connectivity index (χ1n) is 5.98. The highest BCUT2D eigenvalue weighted by molar-refractivity contribution is 5.86. The van der Waals surface area contributed by atoms with Gasteiger partial charge in [0.15, 0.2) is 0 Å². The summed E-state index contributed by atoms with van der Waals surface area (Å²) < 4.78 is 7.67. The maximum Gasteiger partial charge on any atom is 0.128 e. The van der Waals surface area contributed by atoms with Crippen LogP contribution in [0.3, 0.4) is 0 Å². The zero-order valence-corrected chi connectivity index (χ0v) is 10.1. The van der Waals surface area contributed by atoms with Gasteiger partial charge in [-0.3, -0.25) is 0 Å². The van der Waals surface area contributed by atoms with E-state index in [-0.39, 0.29) is 0 Å². The number of nitrogens with zero attached hydrogens (tertiary/aromatic N) is 1. The minimum Gasteiger partial charge on any atom is -0.496 e. The molecule has 1 aromatic carbocycles. The van der Waals surface area contributed by atoms with Crippen LogP contribution in [-0.2, 0) is 6.54 Å². The lowest BCUT2D eigenvalue weighted by Gasteiger charge is -2.06. The number of benzene rings is 1. The van der Waals surface area contributed by atoms with E-state index in [1.165, 1.54) is 30.2 Å². The number of aromatic nitrogens is 1. The van der Waals surface area contributed by atoms with Crippen molar-refractivity contribution in [3.05, 3.63) is 30.5 Å². The number of fused-ring (bicyclic) bond motifs is 1. The molecule has 0 bridgehead atoms. The Bertz CT molecular complexity index is 459. The lowest BCUT2D eigenvalue weighted by Crippen LogP contribution is -1.95. The van der Waals surface area contributed by atoms with Gasteiger partial charge in [0.2, 0.25) is 0 Å². The van der Waals surface area contributed by atoms with Crippen molar-refractivity contribution in [2.24, 2.45) is 0 Å². The molecule has 0 unspecified atom stereocenters. The van der Waals surface area contributed by atoms with Crippen molar-refractivity contribution in [1.29, 1.82) is 0 Å². The summed E-state index contributed by atoms with van der Waals surface area (Å²) in [7, 11) is 1.73. The largest absolute Gasteiger partial charge is 0.496 e. The van der Waals surface area contributed by atoms with E-state index in [9.17, 15) is 0 Å². The maximum atomic E-state index is 5.35. The number of ether oxygens (including phenoxy) is 1. The molecule has 0 aliphatic heterocycles. The van der Waals surface area contributed by atoms with Crippen LogP contribution in [0, 0.1) is 0 Å². The van der Waals surface area contributed by atoms with Crippen molar-refractivity contribution in [1.82, 2.24) is 4.57 Å². The van der Waals surface area contributed by atoms with Crippen LogP contribution >= 0.6 is 0 Å². The van der Waals surface area contributed by atoms with Gasteiger partial charge >= 0.3 is 0 Å². The van der Waals surface area contributed by atoms with Crippen molar-refractivity contribution in [2.75, 3.05) is 7.11 Å². The van der Waals surface area contributed by atoms with Gasteiger partial charge in [-0.15, -0.1) is 0 Å². The highest BCUT2D eigenvalue weighted by Crippen LogP contribution is 2.26. The van der Waals surface area contributed by atoms with Gasteiger partial charge in [-0.05, 0) is 24.6 Å². The Kier molecular flexibility index (Phi) is 3.50. The Morgan fingerprint density at radius 1 is 1.19 bits per heavy atom. The molecule has 2 aromatic rings. The summed E-state index contributed by atoms with van der Waals surface area (Å²) in [6, 6.07) is 8.36. The average Bonchev–Trinajstić information content (AvgIpc) is 2.73. The SMILES string of the molecule is CCCCCn1ccc2c(OC)cccc21. The van der Waals surface area contributed by atoms with Crippen LogP contribution < -0.4 is 4.74 Å². The Labute approximate surface area is 96.8 Å². The number of hydrogen-bond donors (Lipinski definition) is 0. The second-order valence-electron chi connectivity index (χ2n) is 4.11. The van der Waals surface area contributed by atoms with Gasteiger partial charge in [-0.1, -0.05) is 25.8 Å². The minimum absolute atomic E-state index is 0.965.